The first-order chi connectivity index (χ1) is 9.13. The fraction of sp³-hybridized carbons (Fsp3) is 0.625. The molecule has 2 aliphatic rings. The summed E-state index contributed by atoms with van der Waals surface area (Å²) in [6.45, 7) is 5.66. The molecule has 1 aliphatic heterocycles. The quantitative estimate of drug-likeness (QED) is 0.897. The lowest BCUT2D eigenvalue weighted by molar-refractivity contribution is 0.254. The smallest absolute Gasteiger partial charge is 0.123 e. The van der Waals surface area contributed by atoms with E-state index in [1.54, 1.807) is 12.1 Å². The van der Waals surface area contributed by atoms with E-state index in [1.807, 2.05) is 12.1 Å². The van der Waals surface area contributed by atoms with E-state index in [-0.39, 0.29) is 11.9 Å². The maximum Gasteiger partial charge on any atom is 0.123 e. The van der Waals surface area contributed by atoms with Crippen LogP contribution in [0.4, 0.5) is 4.39 Å². The molecule has 1 saturated heterocycles. The first-order valence-corrected chi connectivity index (χ1v) is 7.40. The number of hydrogen-bond donors (Lipinski definition) is 1. The highest BCUT2D eigenvalue weighted by molar-refractivity contribution is 5.19. The van der Waals surface area contributed by atoms with E-state index in [0.29, 0.717) is 12.1 Å². The highest BCUT2D eigenvalue weighted by Gasteiger charge is 2.38. The van der Waals surface area contributed by atoms with Gasteiger partial charge in [-0.3, -0.25) is 4.90 Å². The number of rotatable bonds is 4. The fourth-order valence-electron chi connectivity index (χ4n) is 3.29. The van der Waals surface area contributed by atoms with Gasteiger partial charge >= 0.3 is 0 Å². The standard InChI is InChI=1S/C16H23FN2/c1-11-9-15(10-19(11)16-7-8-16)18-12(2)13-3-5-14(17)6-4-13/h3-6,11-12,15-16,18H,7-10H2,1-2H3/t11?,12-,15?/m1/s1. The predicted octanol–water partition coefficient (Wildman–Crippen LogP) is 3.10. The summed E-state index contributed by atoms with van der Waals surface area (Å²) in [6.07, 6.45) is 3.98. The number of hydrogen-bond acceptors (Lipinski definition) is 2. The van der Waals surface area contributed by atoms with Crippen molar-refractivity contribution in [1.29, 1.82) is 0 Å². The van der Waals surface area contributed by atoms with Crippen LogP contribution in [0.2, 0.25) is 0 Å². The zero-order chi connectivity index (χ0) is 13.4. The van der Waals surface area contributed by atoms with Gasteiger partial charge in [0.1, 0.15) is 5.82 Å². The summed E-state index contributed by atoms with van der Waals surface area (Å²) in [4.78, 5) is 2.65. The molecule has 3 rings (SSSR count). The molecule has 0 aromatic heterocycles. The van der Waals surface area contributed by atoms with Crippen molar-refractivity contribution in [1.82, 2.24) is 10.2 Å². The summed E-state index contributed by atoms with van der Waals surface area (Å²) in [5.41, 5.74) is 1.17. The van der Waals surface area contributed by atoms with Crippen molar-refractivity contribution >= 4 is 0 Å². The van der Waals surface area contributed by atoms with Gasteiger partial charge in [0, 0.05) is 30.7 Å². The van der Waals surface area contributed by atoms with Crippen molar-refractivity contribution in [2.75, 3.05) is 6.54 Å². The van der Waals surface area contributed by atoms with Gasteiger partial charge in [-0.25, -0.2) is 4.39 Å². The molecule has 0 amide bonds. The molecule has 3 atom stereocenters. The molecule has 1 aliphatic carbocycles. The molecule has 2 unspecified atom stereocenters. The lowest BCUT2D eigenvalue weighted by atomic mass is 10.1. The minimum atomic E-state index is -0.162. The third-order valence-electron chi connectivity index (χ3n) is 4.49. The lowest BCUT2D eigenvalue weighted by Crippen LogP contribution is -2.35. The van der Waals surface area contributed by atoms with Gasteiger partial charge in [0.05, 0.1) is 0 Å². The average molecular weight is 262 g/mol. The topological polar surface area (TPSA) is 15.3 Å². The maximum absolute atomic E-state index is 12.9. The molecule has 1 heterocycles. The van der Waals surface area contributed by atoms with Crippen molar-refractivity contribution in [3.8, 4) is 0 Å². The second-order valence-electron chi connectivity index (χ2n) is 6.15. The Bertz CT molecular complexity index is 427. The number of nitrogens with zero attached hydrogens (tertiary/aromatic N) is 1. The highest BCUT2D eigenvalue weighted by atomic mass is 19.1. The fourth-order valence-corrected chi connectivity index (χ4v) is 3.29. The highest BCUT2D eigenvalue weighted by Crippen LogP contribution is 2.33. The summed E-state index contributed by atoms with van der Waals surface area (Å²) in [7, 11) is 0. The third kappa shape index (κ3) is 2.98. The molecule has 0 radical (unpaired) electrons. The van der Waals surface area contributed by atoms with E-state index in [9.17, 15) is 4.39 Å². The van der Waals surface area contributed by atoms with Crippen LogP contribution in [0.15, 0.2) is 24.3 Å². The Morgan fingerprint density at radius 1 is 1.26 bits per heavy atom. The van der Waals surface area contributed by atoms with Crippen LogP contribution in [-0.2, 0) is 0 Å². The molecule has 2 nitrogen and oxygen atoms in total. The summed E-state index contributed by atoms with van der Waals surface area (Å²) in [5, 5.41) is 3.69. The van der Waals surface area contributed by atoms with Gasteiger partial charge in [0.15, 0.2) is 0 Å². The van der Waals surface area contributed by atoms with Gasteiger partial charge in [0.2, 0.25) is 0 Å². The molecular weight excluding hydrogens is 239 g/mol. The molecule has 2 fully saturated rings. The molecule has 1 aromatic rings. The Labute approximate surface area is 115 Å². The Morgan fingerprint density at radius 2 is 1.95 bits per heavy atom. The van der Waals surface area contributed by atoms with Crippen molar-refractivity contribution in [3.05, 3.63) is 35.6 Å². The second-order valence-corrected chi connectivity index (χ2v) is 6.15. The third-order valence-corrected chi connectivity index (χ3v) is 4.49. The molecule has 0 bridgehead atoms. The molecule has 104 valence electrons. The number of nitrogens with one attached hydrogen (secondary N) is 1. The molecule has 1 saturated carbocycles. The normalized spacial score (nSPS) is 29.6. The van der Waals surface area contributed by atoms with E-state index in [1.165, 1.54) is 24.8 Å². The molecule has 1 aromatic carbocycles. The van der Waals surface area contributed by atoms with Gasteiger partial charge in [-0.15, -0.1) is 0 Å². The van der Waals surface area contributed by atoms with Gasteiger partial charge in [-0.2, -0.15) is 0 Å². The number of likely N-dealkylation sites (tertiary alicyclic amines) is 1. The summed E-state index contributed by atoms with van der Waals surface area (Å²) in [6, 6.07) is 9.25. The zero-order valence-electron chi connectivity index (χ0n) is 11.8. The monoisotopic (exact) mass is 262 g/mol. The van der Waals surface area contributed by atoms with Crippen molar-refractivity contribution in [3.63, 3.8) is 0 Å². The minimum Gasteiger partial charge on any atom is -0.306 e. The van der Waals surface area contributed by atoms with E-state index in [2.05, 4.69) is 24.1 Å². The molecular formula is C16H23FN2. The van der Waals surface area contributed by atoms with Crippen LogP contribution in [0.25, 0.3) is 0 Å². The van der Waals surface area contributed by atoms with E-state index in [4.69, 9.17) is 0 Å². The van der Waals surface area contributed by atoms with Crippen LogP contribution in [0.1, 0.15) is 44.7 Å². The van der Waals surface area contributed by atoms with Crippen molar-refractivity contribution in [2.24, 2.45) is 0 Å². The van der Waals surface area contributed by atoms with Gasteiger partial charge in [-0.05, 0) is 50.8 Å². The molecule has 0 spiro atoms. The van der Waals surface area contributed by atoms with Gasteiger partial charge in [-0.1, -0.05) is 12.1 Å². The summed E-state index contributed by atoms with van der Waals surface area (Å²) >= 11 is 0. The Hall–Kier alpha value is -0.930. The van der Waals surface area contributed by atoms with Crippen LogP contribution >= 0.6 is 0 Å². The average Bonchev–Trinajstić information content (AvgIpc) is 3.15. The van der Waals surface area contributed by atoms with E-state index < -0.39 is 0 Å². The predicted molar refractivity (Wildman–Crippen MR) is 75.5 cm³/mol. The van der Waals surface area contributed by atoms with Gasteiger partial charge in [0.25, 0.3) is 0 Å². The largest absolute Gasteiger partial charge is 0.306 e. The molecule has 19 heavy (non-hydrogen) atoms. The van der Waals surface area contributed by atoms with Crippen molar-refractivity contribution < 1.29 is 4.39 Å². The molecule has 3 heteroatoms. The lowest BCUT2D eigenvalue weighted by Gasteiger charge is -2.21. The van der Waals surface area contributed by atoms with Crippen LogP contribution in [0, 0.1) is 5.82 Å². The molecule has 1 N–H and O–H groups in total. The Morgan fingerprint density at radius 3 is 2.58 bits per heavy atom. The van der Waals surface area contributed by atoms with Crippen LogP contribution in [0.5, 0.6) is 0 Å². The van der Waals surface area contributed by atoms with Crippen molar-refractivity contribution in [2.45, 2.75) is 57.3 Å². The van der Waals surface area contributed by atoms with Crippen LogP contribution < -0.4 is 5.32 Å². The number of benzene rings is 1. The summed E-state index contributed by atoms with van der Waals surface area (Å²) < 4.78 is 12.9. The SMILES string of the molecule is CC1CC(N[C@H](C)c2ccc(F)cc2)CN1C1CC1. The Kier molecular flexibility index (Phi) is 3.59. The Balaban J connectivity index is 1.57. The van der Waals surface area contributed by atoms with E-state index >= 15 is 0 Å². The summed E-state index contributed by atoms with van der Waals surface area (Å²) in [5.74, 6) is -0.162. The van der Waals surface area contributed by atoms with Crippen LogP contribution in [-0.4, -0.2) is 29.6 Å². The first kappa shape index (κ1) is 13.1. The zero-order valence-corrected chi connectivity index (χ0v) is 11.8. The van der Waals surface area contributed by atoms with E-state index in [0.717, 1.165) is 12.6 Å². The second kappa shape index (κ2) is 5.22. The minimum absolute atomic E-state index is 0.162. The number of halogens is 1. The van der Waals surface area contributed by atoms with Gasteiger partial charge < -0.3 is 5.32 Å². The van der Waals surface area contributed by atoms with Crippen LogP contribution in [0.3, 0.4) is 0 Å². The first-order valence-electron chi connectivity index (χ1n) is 7.40. The maximum atomic E-state index is 12.9.